The lowest BCUT2D eigenvalue weighted by Crippen LogP contribution is -2.48. The van der Waals surface area contributed by atoms with Crippen LogP contribution in [0.15, 0.2) is 69.2 Å². The number of hydrogen-bond acceptors (Lipinski definition) is 7. The summed E-state index contributed by atoms with van der Waals surface area (Å²) in [5.74, 6) is -1.68. The van der Waals surface area contributed by atoms with E-state index in [1.165, 1.54) is 0 Å². The van der Waals surface area contributed by atoms with Crippen LogP contribution in [-0.4, -0.2) is 18.5 Å². The number of esters is 1. The van der Waals surface area contributed by atoms with E-state index in [0.29, 0.717) is 16.6 Å². The molecule has 150 valence electrons. The second-order valence-electron chi connectivity index (χ2n) is 6.90. The number of anilines is 1. The van der Waals surface area contributed by atoms with Crippen LogP contribution in [0.25, 0.3) is 11.0 Å². The normalized spacial score (nSPS) is 19.3. The molecular formula is C22H16N2O6. The Hall–Kier alpha value is -4.07. The molecule has 0 aliphatic carbocycles. The molecule has 0 bridgehead atoms. The highest BCUT2D eigenvalue weighted by molar-refractivity contribution is 6.18. The molecule has 30 heavy (non-hydrogen) atoms. The van der Waals surface area contributed by atoms with Gasteiger partial charge in [-0.15, -0.1) is 0 Å². The summed E-state index contributed by atoms with van der Waals surface area (Å²) in [4.78, 5) is 39.6. The van der Waals surface area contributed by atoms with Crippen molar-refractivity contribution in [3.8, 4) is 5.75 Å². The summed E-state index contributed by atoms with van der Waals surface area (Å²) in [5, 5.41) is 3.20. The molecule has 3 aromatic rings. The lowest BCUT2D eigenvalue weighted by Gasteiger charge is -2.34. The Bertz CT molecular complexity index is 1340. The van der Waals surface area contributed by atoms with Gasteiger partial charge in [0.25, 0.3) is 0 Å². The molecule has 1 spiro atoms. The van der Waals surface area contributed by atoms with E-state index in [-0.39, 0.29) is 35.0 Å². The number of ether oxygens (including phenoxy) is 2. The van der Waals surface area contributed by atoms with E-state index in [0.717, 1.165) is 0 Å². The molecule has 2 aliphatic rings. The number of carbonyl (C=O) groups excluding carboxylic acids is 2. The van der Waals surface area contributed by atoms with Gasteiger partial charge in [-0.25, -0.2) is 9.59 Å². The summed E-state index contributed by atoms with van der Waals surface area (Å²) in [6, 6.07) is 13.5. The van der Waals surface area contributed by atoms with E-state index in [1.807, 2.05) is 0 Å². The predicted octanol–water partition coefficient (Wildman–Crippen LogP) is 2.16. The van der Waals surface area contributed by atoms with E-state index in [1.54, 1.807) is 55.5 Å². The number of amides is 1. The first-order valence-corrected chi connectivity index (χ1v) is 9.32. The van der Waals surface area contributed by atoms with Crippen LogP contribution in [0.5, 0.6) is 5.75 Å². The number of carbonyl (C=O) groups is 2. The predicted molar refractivity (Wildman–Crippen MR) is 107 cm³/mol. The molecule has 1 amide bonds. The third-order valence-corrected chi connectivity index (χ3v) is 5.37. The Labute approximate surface area is 169 Å². The average Bonchev–Trinajstić information content (AvgIpc) is 3.00. The van der Waals surface area contributed by atoms with Crippen LogP contribution in [0.1, 0.15) is 18.1 Å². The molecule has 1 aromatic heterocycles. The topological polar surface area (TPSA) is 121 Å². The van der Waals surface area contributed by atoms with Crippen molar-refractivity contribution >= 4 is 28.5 Å². The molecule has 8 heteroatoms. The molecule has 2 aliphatic heterocycles. The fourth-order valence-corrected chi connectivity index (χ4v) is 4.23. The number of fused-ring (bicyclic) bond motifs is 6. The van der Waals surface area contributed by atoms with E-state index >= 15 is 0 Å². The first kappa shape index (κ1) is 18.0. The Morgan fingerprint density at radius 2 is 1.87 bits per heavy atom. The number of para-hydroxylation sites is 2. The van der Waals surface area contributed by atoms with Crippen LogP contribution >= 0.6 is 0 Å². The monoisotopic (exact) mass is 404 g/mol. The van der Waals surface area contributed by atoms with Crippen molar-refractivity contribution in [2.75, 3.05) is 11.9 Å². The van der Waals surface area contributed by atoms with Crippen LogP contribution in [0.2, 0.25) is 0 Å². The van der Waals surface area contributed by atoms with Crippen molar-refractivity contribution in [1.29, 1.82) is 0 Å². The zero-order valence-corrected chi connectivity index (χ0v) is 15.9. The molecule has 3 heterocycles. The number of nitrogens with two attached hydrogens (primary N) is 1. The van der Waals surface area contributed by atoms with Crippen molar-refractivity contribution in [2.24, 2.45) is 5.73 Å². The summed E-state index contributed by atoms with van der Waals surface area (Å²) in [6.45, 7) is 1.68. The summed E-state index contributed by atoms with van der Waals surface area (Å²) in [5.41, 5.74) is 4.29. The Morgan fingerprint density at radius 3 is 2.67 bits per heavy atom. The van der Waals surface area contributed by atoms with Gasteiger partial charge < -0.3 is 24.9 Å². The van der Waals surface area contributed by atoms with Crippen LogP contribution < -0.4 is 21.4 Å². The second kappa shape index (κ2) is 6.21. The SMILES string of the molecule is CCOC(=O)C1=C(N)Oc2c(c(=O)oc3ccccc23)C12C(=O)Nc1ccccc12. The van der Waals surface area contributed by atoms with Crippen molar-refractivity contribution < 1.29 is 23.5 Å². The summed E-state index contributed by atoms with van der Waals surface area (Å²) < 4.78 is 16.4. The van der Waals surface area contributed by atoms with E-state index in [4.69, 9.17) is 19.6 Å². The Balaban J connectivity index is 1.97. The molecule has 3 N–H and O–H groups in total. The van der Waals surface area contributed by atoms with Gasteiger partial charge in [0.15, 0.2) is 5.75 Å². The van der Waals surface area contributed by atoms with Gasteiger partial charge in [0.1, 0.15) is 22.1 Å². The Kier molecular flexibility index (Phi) is 3.73. The first-order valence-electron chi connectivity index (χ1n) is 9.32. The molecular weight excluding hydrogens is 388 g/mol. The lowest BCUT2D eigenvalue weighted by atomic mass is 9.68. The van der Waals surface area contributed by atoms with Gasteiger partial charge in [0, 0.05) is 11.3 Å². The molecule has 1 unspecified atom stereocenters. The zero-order chi connectivity index (χ0) is 21.0. The standard InChI is InChI=1S/C22H16N2O6/c1-2-28-19(25)16-18(23)30-17-11-7-3-6-10-14(11)29-20(26)15(17)22(16)12-8-4-5-9-13(12)24-21(22)27/h3-10H,2,23H2,1H3,(H,24,27). The highest BCUT2D eigenvalue weighted by atomic mass is 16.5. The molecule has 5 rings (SSSR count). The summed E-state index contributed by atoms with van der Waals surface area (Å²) in [7, 11) is 0. The van der Waals surface area contributed by atoms with E-state index < -0.39 is 22.9 Å². The van der Waals surface area contributed by atoms with Crippen LogP contribution in [0.3, 0.4) is 0 Å². The first-order chi connectivity index (χ1) is 14.5. The minimum atomic E-state index is -1.86. The summed E-state index contributed by atoms with van der Waals surface area (Å²) >= 11 is 0. The number of hydrogen-bond donors (Lipinski definition) is 2. The Morgan fingerprint density at radius 1 is 1.13 bits per heavy atom. The molecule has 0 saturated carbocycles. The number of benzene rings is 2. The highest BCUT2D eigenvalue weighted by Crippen LogP contribution is 2.53. The summed E-state index contributed by atoms with van der Waals surface area (Å²) in [6.07, 6.45) is 0. The molecule has 8 nitrogen and oxygen atoms in total. The third-order valence-electron chi connectivity index (χ3n) is 5.37. The van der Waals surface area contributed by atoms with Crippen LogP contribution in [0.4, 0.5) is 5.69 Å². The number of nitrogens with one attached hydrogen (secondary N) is 1. The molecule has 1 atom stereocenters. The van der Waals surface area contributed by atoms with Gasteiger partial charge in [-0.05, 0) is 25.1 Å². The number of rotatable bonds is 2. The van der Waals surface area contributed by atoms with Crippen molar-refractivity contribution in [2.45, 2.75) is 12.3 Å². The second-order valence-corrected chi connectivity index (χ2v) is 6.90. The van der Waals surface area contributed by atoms with Crippen molar-refractivity contribution in [3.05, 3.63) is 81.5 Å². The quantitative estimate of drug-likeness (QED) is 0.496. The van der Waals surface area contributed by atoms with Gasteiger partial charge in [-0.1, -0.05) is 30.3 Å². The molecule has 0 saturated heterocycles. The molecule has 0 radical (unpaired) electrons. The fraction of sp³-hybridized carbons (Fsp3) is 0.136. The highest BCUT2D eigenvalue weighted by Gasteiger charge is 2.60. The maximum absolute atomic E-state index is 13.5. The van der Waals surface area contributed by atoms with Crippen LogP contribution in [-0.2, 0) is 19.7 Å². The van der Waals surface area contributed by atoms with Crippen LogP contribution in [0, 0.1) is 0 Å². The van der Waals surface area contributed by atoms with Gasteiger partial charge in [-0.3, -0.25) is 4.79 Å². The fourth-order valence-electron chi connectivity index (χ4n) is 4.23. The smallest absolute Gasteiger partial charge is 0.345 e. The lowest BCUT2D eigenvalue weighted by molar-refractivity contribution is -0.140. The largest absolute Gasteiger partial charge is 0.462 e. The van der Waals surface area contributed by atoms with Gasteiger partial charge in [0.2, 0.25) is 11.8 Å². The molecule has 0 fully saturated rings. The van der Waals surface area contributed by atoms with E-state index in [2.05, 4.69) is 5.32 Å². The maximum atomic E-state index is 13.5. The average molecular weight is 404 g/mol. The minimum absolute atomic E-state index is 0.0497. The van der Waals surface area contributed by atoms with Crippen molar-refractivity contribution in [3.63, 3.8) is 0 Å². The maximum Gasteiger partial charge on any atom is 0.345 e. The molecule has 2 aromatic carbocycles. The minimum Gasteiger partial charge on any atom is -0.462 e. The zero-order valence-electron chi connectivity index (χ0n) is 15.9. The van der Waals surface area contributed by atoms with Gasteiger partial charge in [0.05, 0.1) is 12.0 Å². The van der Waals surface area contributed by atoms with E-state index in [9.17, 15) is 14.4 Å². The van der Waals surface area contributed by atoms with Gasteiger partial charge in [-0.2, -0.15) is 0 Å². The van der Waals surface area contributed by atoms with Gasteiger partial charge >= 0.3 is 11.6 Å². The third kappa shape index (κ3) is 2.13. The van der Waals surface area contributed by atoms with Crippen molar-refractivity contribution in [1.82, 2.24) is 0 Å².